The number of hydrogen-bond donors (Lipinski definition) is 1. The van der Waals surface area contributed by atoms with Gasteiger partial charge in [-0.1, -0.05) is 41.9 Å². The number of nitrogens with zero attached hydrogens (tertiary/aromatic N) is 2. The lowest BCUT2D eigenvalue weighted by Gasteiger charge is -2.23. The van der Waals surface area contributed by atoms with Crippen LogP contribution in [0.2, 0.25) is 0 Å². The first kappa shape index (κ1) is 15.6. The Morgan fingerprint density at radius 3 is 2.33 bits per heavy atom. The fourth-order valence-electron chi connectivity index (χ4n) is 1.93. The Morgan fingerprint density at radius 1 is 1.24 bits per heavy atom. The van der Waals surface area contributed by atoms with Crippen LogP contribution in [0.4, 0.5) is 9.59 Å². The van der Waals surface area contributed by atoms with E-state index in [1.54, 1.807) is 44.2 Å². The second-order valence-corrected chi connectivity index (χ2v) is 5.68. The normalized spacial score (nSPS) is 22.1. The summed E-state index contributed by atoms with van der Waals surface area (Å²) in [5.41, 5.74) is 0.305. The quantitative estimate of drug-likeness (QED) is 0.392. The molecular formula is C13H13Cl2N3O3. The van der Waals surface area contributed by atoms with Gasteiger partial charge in [0.2, 0.25) is 5.00 Å². The highest BCUT2D eigenvalue weighted by molar-refractivity contribution is 6.45. The van der Waals surface area contributed by atoms with E-state index < -0.39 is 23.0 Å². The minimum atomic E-state index is -1.94. The second-order valence-electron chi connectivity index (χ2n) is 4.80. The predicted octanol–water partition coefficient (Wildman–Crippen LogP) is 2.61. The minimum Gasteiger partial charge on any atom is -0.335 e. The van der Waals surface area contributed by atoms with Crippen LogP contribution in [0.15, 0.2) is 30.3 Å². The van der Waals surface area contributed by atoms with Gasteiger partial charge in [0, 0.05) is 23.4 Å². The number of benzene rings is 1. The van der Waals surface area contributed by atoms with Gasteiger partial charge < -0.3 is 5.32 Å². The zero-order valence-corrected chi connectivity index (χ0v) is 12.9. The van der Waals surface area contributed by atoms with Crippen LogP contribution < -0.4 is 5.32 Å². The third-order valence-corrected chi connectivity index (χ3v) is 3.92. The lowest BCUT2D eigenvalue weighted by molar-refractivity contribution is -0.127. The molecule has 0 radical (unpaired) electrons. The number of carbonyl (C=O) groups excluding carboxylic acids is 3. The van der Waals surface area contributed by atoms with Crippen molar-refractivity contribution in [2.75, 3.05) is 0 Å². The van der Waals surface area contributed by atoms with Gasteiger partial charge in [0.1, 0.15) is 0 Å². The molecule has 0 saturated carbocycles. The third kappa shape index (κ3) is 2.45. The Balaban J connectivity index is 2.41. The smallest absolute Gasteiger partial charge is 0.335 e. The first-order chi connectivity index (χ1) is 9.80. The Labute approximate surface area is 131 Å². The number of hydrogen-bond acceptors (Lipinski definition) is 3. The molecule has 1 aliphatic heterocycles. The molecule has 1 atom stereocenters. The molecule has 6 nitrogen and oxygen atoms in total. The average Bonchev–Trinajstić information content (AvgIpc) is 2.61. The number of halogens is 2. The van der Waals surface area contributed by atoms with Crippen molar-refractivity contribution in [2.45, 2.75) is 24.9 Å². The van der Waals surface area contributed by atoms with Crippen LogP contribution in [0.25, 0.3) is 0 Å². The summed E-state index contributed by atoms with van der Waals surface area (Å²) in [6, 6.07) is 6.05. The molecule has 21 heavy (non-hydrogen) atoms. The summed E-state index contributed by atoms with van der Waals surface area (Å²) in [6.45, 7) is 3.40. The average molecular weight is 330 g/mol. The molecule has 1 fully saturated rings. The van der Waals surface area contributed by atoms with Crippen LogP contribution in [-0.2, 0) is 9.79 Å². The molecule has 1 heterocycles. The van der Waals surface area contributed by atoms with E-state index in [-0.39, 0.29) is 6.04 Å². The lowest BCUT2D eigenvalue weighted by Crippen LogP contribution is -2.47. The molecule has 1 aromatic rings. The molecule has 0 aromatic heterocycles. The molecule has 1 aliphatic rings. The third-order valence-electron chi connectivity index (χ3n) is 2.89. The van der Waals surface area contributed by atoms with Gasteiger partial charge in [-0.15, -0.1) is 0 Å². The summed E-state index contributed by atoms with van der Waals surface area (Å²) in [4.78, 5) is 35.0. The molecule has 0 spiro atoms. The molecular weight excluding hydrogens is 317 g/mol. The lowest BCUT2D eigenvalue weighted by atomic mass is 10.1. The van der Waals surface area contributed by atoms with Gasteiger partial charge in [-0.2, -0.15) is 4.90 Å². The number of alkyl halides is 1. The highest BCUT2D eigenvalue weighted by Gasteiger charge is 2.60. The summed E-state index contributed by atoms with van der Waals surface area (Å²) in [7, 11) is 0. The van der Waals surface area contributed by atoms with Crippen LogP contribution >= 0.6 is 23.4 Å². The molecule has 1 aromatic carbocycles. The highest BCUT2D eigenvalue weighted by Crippen LogP contribution is 2.42. The second kappa shape index (κ2) is 5.54. The van der Waals surface area contributed by atoms with Gasteiger partial charge in [-0.25, -0.2) is 14.0 Å². The van der Waals surface area contributed by atoms with Crippen molar-refractivity contribution in [3.63, 3.8) is 0 Å². The van der Waals surface area contributed by atoms with Crippen LogP contribution in [-0.4, -0.2) is 33.3 Å². The molecule has 1 saturated heterocycles. The fraction of sp³-hybridized carbons (Fsp3) is 0.308. The number of rotatable bonds is 2. The maximum absolute atomic E-state index is 12.5. The molecule has 2 rings (SSSR count). The minimum absolute atomic E-state index is 0.246. The number of nitrogens with one attached hydrogen (secondary N) is 1. The number of urea groups is 2. The monoisotopic (exact) mass is 329 g/mol. The Bertz CT molecular complexity index is 594. The molecule has 5 amide bonds. The Hall–Kier alpha value is -1.79. The topological polar surface area (TPSA) is 69.7 Å². The highest BCUT2D eigenvalue weighted by atomic mass is 35.5. The van der Waals surface area contributed by atoms with Crippen molar-refractivity contribution in [2.24, 2.45) is 0 Å². The van der Waals surface area contributed by atoms with Gasteiger partial charge in [-0.05, 0) is 13.8 Å². The summed E-state index contributed by atoms with van der Waals surface area (Å²) in [5, 5.41) is 2.46. The first-order valence-electron chi connectivity index (χ1n) is 6.19. The first-order valence-corrected chi connectivity index (χ1v) is 6.91. The van der Waals surface area contributed by atoms with Crippen LogP contribution in [0.3, 0.4) is 0 Å². The SMILES string of the molecule is CC(C)NC(=O)N1C(=O)N(Cl)C(Cl)(c2ccccc2)C1=O. The van der Waals surface area contributed by atoms with E-state index in [0.29, 0.717) is 14.9 Å². The standard InChI is InChI=1S/C13H13Cl2N3O3/c1-8(2)16-11(20)17-10(19)13(14,18(15)12(17)21)9-6-4-3-5-7-9/h3-8H,1-2H3,(H,16,20). The zero-order valence-electron chi connectivity index (χ0n) is 11.3. The number of carbonyl (C=O) groups is 3. The summed E-state index contributed by atoms with van der Waals surface area (Å²) in [6.07, 6.45) is 0. The van der Waals surface area contributed by atoms with Crippen LogP contribution in [0, 0.1) is 0 Å². The van der Waals surface area contributed by atoms with Gasteiger partial charge in [0.05, 0.1) is 0 Å². The molecule has 1 unspecified atom stereocenters. The molecule has 0 aliphatic carbocycles. The van der Waals surface area contributed by atoms with E-state index in [1.807, 2.05) is 0 Å². The van der Waals surface area contributed by atoms with Crippen molar-refractivity contribution in [3.8, 4) is 0 Å². The van der Waals surface area contributed by atoms with E-state index in [0.717, 1.165) is 0 Å². The van der Waals surface area contributed by atoms with E-state index in [4.69, 9.17) is 23.4 Å². The number of amides is 5. The maximum atomic E-state index is 12.5. The van der Waals surface area contributed by atoms with E-state index >= 15 is 0 Å². The van der Waals surface area contributed by atoms with Crippen molar-refractivity contribution >= 4 is 41.3 Å². The van der Waals surface area contributed by atoms with Crippen molar-refractivity contribution in [1.82, 2.24) is 14.6 Å². The fourth-order valence-corrected chi connectivity index (χ4v) is 2.45. The van der Waals surface area contributed by atoms with E-state index in [9.17, 15) is 14.4 Å². The van der Waals surface area contributed by atoms with Gasteiger partial charge >= 0.3 is 12.1 Å². The maximum Gasteiger partial charge on any atom is 0.352 e. The molecule has 1 N–H and O–H groups in total. The van der Waals surface area contributed by atoms with Gasteiger partial charge in [0.25, 0.3) is 5.91 Å². The number of imide groups is 3. The largest absolute Gasteiger partial charge is 0.352 e. The summed E-state index contributed by atoms with van der Waals surface area (Å²) < 4.78 is 0.534. The van der Waals surface area contributed by atoms with Crippen LogP contribution in [0.1, 0.15) is 19.4 Å². The summed E-state index contributed by atoms with van der Waals surface area (Å²) >= 11 is 12.2. The molecule has 112 valence electrons. The van der Waals surface area contributed by atoms with Crippen molar-refractivity contribution in [1.29, 1.82) is 0 Å². The molecule has 0 bridgehead atoms. The van der Waals surface area contributed by atoms with Gasteiger partial charge in [-0.3, -0.25) is 4.79 Å². The predicted molar refractivity (Wildman–Crippen MR) is 77.6 cm³/mol. The van der Waals surface area contributed by atoms with Crippen molar-refractivity contribution in [3.05, 3.63) is 35.9 Å². The van der Waals surface area contributed by atoms with Crippen molar-refractivity contribution < 1.29 is 14.4 Å². The molecule has 8 heteroatoms. The van der Waals surface area contributed by atoms with Crippen LogP contribution in [0.5, 0.6) is 0 Å². The zero-order chi connectivity index (χ0) is 15.8. The van der Waals surface area contributed by atoms with E-state index in [1.165, 1.54) is 0 Å². The van der Waals surface area contributed by atoms with Gasteiger partial charge in [0.15, 0.2) is 0 Å². The Morgan fingerprint density at radius 2 is 1.81 bits per heavy atom. The van der Waals surface area contributed by atoms with E-state index in [2.05, 4.69) is 5.32 Å². The summed E-state index contributed by atoms with van der Waals surface area (Å²) in [5.74, 6) is -0.909. The Kier molecular flexibility index (Phi) is 4.11.